The molecule has 1 fully saturated rings. The Balaban J connectivity index is 1.47. The summed E-state index contributed by atoms with van der Waals surface area (Å²) in [5.41, 5.74) is 12.4. The molecule has 0 aliphatic heterocycles. The summed E-state index contributed by atoms with van der Waals surface area (Å²) in [7, 11) is 0. The van der Waals surface area contributed by atoms with Gasteiger partial charge in [0.25, 0.3) is 0 Å². The summed E-state index contributed by atoms with van der Waals surface area (Å²) in [6.07, 6.45) is 9.45. The maximum Gasteiger partial charge on any atom is 0.0931 e. The van der Waals surface area contributed by atoms with Crippen LogP contribution in [-0.4, -0.2) is 16.0 Å². The fraction of sp³-hybridized carbons (Fsp3) is 0.381. The summed E-state index contributed by atoms with van der Waals surface area (Å²) in [4.78, 5) is 7.45. The number of aromatic amines is 1. The van der Waals surface area contributed by atoms with Crippen molar-refractivity contribution < 1.29 is 0 Å². The Kier molecular flexibility index (Phi) is 4.35. The van der Waals surface area contributed by atoms with Crippen LogP contribution in [0.25, 0.3) is 22.2 Å². The molecule has 124 valence electrons. The summed E-state index contributed by atoms with van der Waals surface area (Å²) < 4.78 is 0. The molecule has 1 unspecified atom stereocenters. The van der Waals surface area contributed by atoms with Gasteiger partial charge in [0.05, 0.1) is 17.4 Å². The quantitative estimate of drug-likeness (QED) is 0.733. The molecule has 0 amide bonds. The molecule has 1 aliphatic carbocycles. The molecule has 1 aromatic heterocycles. The minimum atomic E-state index is 0.303. The first-order valence-electron chi connectivity index (χ1n) is 9.07. The molecule has 1 heterocycles. The lowest BCUT2D eigenvalue weighted by atomic mass is 9.82. The second-order valence-electron chi connectivity index (χ2n) is 7.10. The number of aromatic nitrogens is 2. The number of H-pyrrole nitrogens is 1. The molecule has 4 rings (SSSR count). The van der Waals surface area contributed by atoms with Crippen molar-refractivity contribution in [3.05, 3.63) is 54.4 Å². The van der Waals surface area contributed by atoms with Gasteiger partial charge in [-0.15, -0.1) is 0 Å². The zero-order valence-electron chi connectivity index (χ0n) is 14.0. The predicted molar refractivity (Wildman–Crippen MR) is 99.8 cm³/mol. The molecule has 3 aromatic rings. The summed E-state index contributed by atoms with van der Waals surface area (Å²) in [5, 5.41) is 0. The fourth-order valence-electron chi connectivity index (χ4n) is 3.95. The first-order chi connectivity index (χ1) is 11.8. The number of nitrogens with two attached hydrogens (primary N) is 1. The van der Waals surface area contributed by atoms with Gasteiger partial charge in [0, 0.05) is 6.04 Å². The van der Waals surface area contributed by atoms with Crippen LogP contribution in [0, 0.1) is 5.92 Å². The Hall–Kier alpha value is -2.13. The van der Waals surface area contributed by atoms with Crippen molar-refractivity contribution >= 4 is 11.0 Å². The lowest BCUT2D eigenvalue weighted by molar-refractivity contribution is 0.303. The third-order valence-electron chi connectivity index (χ3n) is 5.43. The van der Waals surface area contributed by atoms with E-state index in [-0.39, 0.29) is 0 Å². The summed E-state index contributed by atoms with van der Waals surface area (Å²) in [6, 6.07) is 15.5. The Labute approximate surface area is 143 Å². The molecule has 0 radical (unpaired) electrons. The Morgan fingerprint density at radius 1 is 1.00 bits per heavy atom. The van der Waals surface area contributed by atoms with Crippen molar-refractivity contribution in [1.82, 2.24) is 9.97 Å². The van der Waals surface area contributed by atoms with Crippen LogP contribution in [0.3, 0.4) is 0 Å². The Morgan fingerprint density at radius 3 is 2.54 bits per heavy atom. The average molecular weight is 319 g/mol. The van der Waals surface area contributed by atoms with Gasteiger partial charge in [0.2, 0.25) is 0 Å². The van der Waals surface area contributed by atoms with Gasteiger partial charge < -0.3 is 10.7 Å². The van der Waals surface area contributed by atoms with E-state index in [2.05, 4.69) is 52.4 Å². The largest absolute Gasteiger partial charge is 0.345 e. The zero-order chi connectivity index (χ0) is 16.4. The van der Waals surface area contributed by atoms with Crippen molar-refractivity contribution in [2.45, 2.75) is 44.6 Å². The monoisotopic (exact) mass is 319 g/mol. The highest BCUT2D eigenvalue weighted by Crippen LogP contribution is 2.28. The molecular formula is C21H25N3. The standard InChI is InChI=1S/C21H25N3/c22-19(17-4-2-1-3-5-17)12-15-6-8-16(9-7-15)18-10-11-20-21(13-18)24-14-23-20/h6-11,13-14,17,19H,1-5,12,22H2,(H,23,24). The van der Waals surface area contributed by atoms with Crippen molar-refractivity contribution in [2.24, 2.45) is 11.7 Å². The molecule has 0 saturated heterocycles. The number of rotatable bonds is 4. The molecule has 3 N–H and O–H groups in total. The Bertz CT molecular complexity index is 797. The van der Waals surface area contributed by atoms with E-state index in [9.17, 15) is 0 Å². The van der Waals surface area contributed by atoms with Crippen LogP contribution in [0.1, 0.15) is 37.7 Å². The Morgan fingerprint density at radius 2 is 1.75 bits per heavy atom. The minimum Gasteiger partial charge on any atom is -0.345 e. The number of fused-ring (bicyclic) bond motifs is 1. The van der Waals surface area contributed by atoms with Gasteiger partial charge in [-0.25, -0.2) is 4.98 Å². The maximum atomic E-state index is 6.47. The third kappa shape index (κ3) is 3.22. The summed E-state index contributed by atoms with van der Waals surface area (Å²) >= 11 is 0. The molecule has 1 aliphatic rings. The SMILES string of the molecule is NC(Cc1ccc(-c2ccc3nc[nH]c3c2)cc1)C1CCCCC1. The molecular weight excluding hydrogens is 294 g/mol. The minimum absolute atomic E-state index is 0.303. The maximum absolute atomic E-state index is 6.47. The lowest BCUT2D eigenvalue weighted by Crippen LogP contribution is -2.33. The second kappa shape index (κ2) is 6.78. The summed E-state index contributed by atoms with van der Waals surface area (Å²) in [6.45, 7) is 0. The van der Waals surface area contributed by atoms with E-state index in [0.29, 0.717) is 12.0 Å². The normalized spacial score (nSPS) is 17.2. The van der Waals surface area contributed by atoms with E-state index < -0.39 is 0 Å². The summed E-state index contributed by atoms with van der Waals surface area (Å²) in [5.74, 6) is 0.709. The number of imidazole rings is 1. The molecule has 0 bridgehead atoms. The zero-order valence-corrected chi connectivity index (χ0v) is 14.0. The van der Waals surface area contributed by atoms with Crippen LogP contribution < -0.4 is 5.73 Å². The number of hydrogen-bond acceptors (Lipinski definition) is 2. The number of nitrogens with zero attached hydrogens (tertiary/aromatic N) is 1. The first-order valence-corrected chi connectivity index (χ1v) is 9.07. The van der Waals surface area contributed by atoms with Crippen LogP contribution in [0.15, 0.2) is 48.8 Å². The van der Waals surface area contributed by atoms with Crippen LogP contribution in [0.5, 0.6) is 0 Å². The van der Waals surface area contributed by atoms with Crippen molar-refractivity contribution in [1.29, 1.82) is 0 Å². The van der Waals surface area contributed by atoms with E-state index in [4.69, 9.17) is 5.73 Å². The van der Waals surface area contributed by atoms with Crippen molar-refractivity contribution in [3.63, 3.8) is 0 Å². The highest BCUT2D eigenvalue weighted by molar-refractivity contribution is 5.81. The molecule has 3 heteroatoms. The highest BCUT2D eigenvalue weighted by atomic mass is 14.9. The number of nitrogens with one attached hydrogen (secondary N) is 1. The van der Waals surface area contributed by atoms with Gasteiger partial charge in [-0.1, -0.05) is 49.6 Å². The van der Waals surface area contributed by atoms with Crippen LogP contribution in [-0.2, 0) is 6.42 Å². The van der Waals surface area contributed by atoms with Crippen LogP contribution >= 0.6 is 0 Å². The van der Waals surface area contributed by atoms with Gasteiger partial charge in [-0.3, -0.25) is 0 Å². The van der Waals surface area contributed by atoms with Gasteiger partial charge in [0.1, 0.15) is 0 Å². The predicted octanol–water partition coefficient (Wildman–Crippen LogP) is 4.68. The van der Waals surface area contributed by atoms with Gasteiger partial charge in [0.15, 0.2) is 0 Å². The van der Waals surface area contributed by atoms with E-state index in [1.165, 1.54) is 48.8 Å². The van der Waals surface area contributed by atoms with Gasteiger partial charge in [-0.05, 0) is 54.0 Å². The van der Waals surface area contributed by atoms with Crippen LogP contribution in [0.2, 0.25) is 0 Å². The molecule has 0 spiro atoms. The third-order valence-corrected chi connectivity index (χ3v) is 5.43. The smallest absolute Gasteiger partial charge is 0.0931 e. The molecule has 2 aromatic carbocycles. The van der Waals surface area contributed by atoms with Gasteiger partial charge >= 0.3 is 0 Å². The average Bonchev–Trinajstić information content (AvgIpc) is 3.11. The van der Waals surface area contributed by atoms with Crippen molar-refractivity contribution in [2.75, 3.05) is 0 Å². The second-order valence-corrected chi connectivity index (χ2v) is 7.10. The number of hydrogen-bond donors (Lipinski definition) is 2. The van der Waals surface area contributed by atoms with E-state index in [1.54, 1.807) is 6.33 Å². The van der Waals surface area contributed by atoms with Gasteiger partial charge in [-0.2, -0.15) is 0 Å². The highest BCUT2D eigenvalue weighted by Gasteiger charge is 2.20. The first kappa shape index (κ1) is 15.4. The number of benzene rings is 2. The molecule has 1 saturated carbocycles. The lowest BCUT2D eigenvalue weighted by Gasteiger charge is -2.27. The van der Waals surface area contributed by atoms with E-state index in [0.717, 1.165) is 17.5 Å². The topological polar surface area (TPSA) is 54.7 Å². The van der Waals surface area contributed by atoms with Crippen molar-refractivity contribution in [3.8, 4) is 11.1 Å². The van der Waals surface area contributed by atoms with E-state index >= 15 is 0 Å². The molecule has 24 heavy (non-hydrogen) atoms. The molecule has 1 atom stereocenters. The molecule has 3 nitrogen and oxygen atoms in total. The van der Waals surface area contributed by atoms with E-state index in [1.807, 2.05) is 0 Å². The van der Waals surface area contributed by atoms with Crippen LogP contribution in [0.4, 0.5) is 0 Å². The fourth-order valence-corrected chi connectivity index (χ4v) is 3.95.